The number of ether oxygens (including phenoxy) is 1. The molecule has 1 fully saturated rings. The van der Waals surface area contributed by atoms with Crippen LogP contribution in [0.1, 0.15) is 51.1 Å². The van der Waals surface area contributed by atoms with Gasteiger partial charge in [-0.3, -0.25) is 9.59 Å². The van der Waals surface area contributed by atoms with Gasteiger partial charge in [-0.05, 0) is 37.5 Å². The van der Waals surface area contributed by atoms with Crippen molar-refractivity contribution in [3.8, 4) is 0 Å². The number of hydrogen-bond acceptors (Lipinski definition) is 3. The van der Waals surface area contributed by atoms with E-state index >= 15 is 0 Å². The van der Waals surface area contributed by atoms with Crippen LogP contribution in [0.15, 0.2) is 24.3 Å². The second-order valence-electron chi connectivity index (χ2n) is 5.65. The van der Waals surface area contributed by atoms with Crippen LogP contribution in [0.25, 0.3) is 0 Å². The van der Waals surface area contributed by atoms with E-state index in [4.69, 9.17) is 4.74 Å². The van der Waals surface area contributed by atoms with E-state index in [2.05, 4.69) is 10.6 Å². The lowest BCUT2D eigenvalue weighted by Crippen LogP contribution is -2.29. The van der Waals surface area contributed by atoms with Gasteiger partial charge in [-0.15, -0.1) is 0 Å². The molecule has 5 nitrogen and oxygen atoms in total. The highest BCUT2D eigenvalue weighted by Gasteiger charge is 2.20. The molecule has 2 amide bonds. The Bertz CT molecular complexity index is 507. The fourth-order valence-corrected chi connectivity index (χ4v) is 2.50. The van der Waals surface area contributed by atoms with Crippen molar-refractivity contribution in [1.29, 1.82) is 0 Å². The molecule has 0 bridgehead atoms. The third-order valence-electron chi connectivity index (χ3n) is 3.83. The van der Waals surface area contributed by atoms with Gasteiger partial charge in [0.2, 0.25) is 11.8 Å². The van der Waals surface area contributed by atoms with Gasteiger partial charge < -0.3 is 15.4 Å². The van der Waals surface area contributed by atoms with Crippen molar-refractivity contribution >= 4 is 17.5 Å². The zero-order valence-corrected chi connectivity index (χ0v) is 13.2. The zero-order valence-electron chi connectivity index (χ0n) is 13.2. The van der Waals surface area contributed by atoms with Crippen molar-refractivity contribution in [2.75, 3.05) is 11.9 Å². The van der Waals surface area contributed by atoms with Crippen LogP contribution in [0.5, 0.6) is 0 Å². The minimum Gasteiger partial charge on any atom is -0.378 e. The fourth-order valence-electron chi connectivity index (χ4n) is 2.50. The van der Waals surface area contributed by atoms with Gasteiger partial charge in [0, 0.05) is 18.7 Å². The van der Waals surface area contributed by atoms with Crippen LogP contribution in [0.3, 0.4) is 0 Å². The maximum Gasteiger partial charge on any atom is 0.224 e. The number of anilines is 1. The number of nitrogens with one attached hydrogen (secondary N) is 2. The Morgan fingerprint density at radius 1 is 1.27 bits per heavy atom. The number of benzene rings is 1. The molecule has 22 heavy (non-hydrogen) atoms. The van der Waals surface area contributed by atoms with Gasteiger partial charge in [-0.25, -0.2) is 0 Å². The summed E-state index contributed by atoms with van der Waals surface area (Å²) in [5.74, 6) is 0.00780. The van der Waals surface area contributed by atoms with E-state index in [1.165, 1.54) is 0 Å². The van der Waals surface area contributed by atoms with E-state index < -0.39 is 0 Å². The summed E-state index contributed by atoms with van der Waals surface area (Å²) in [6, 6.07) is 7.48. The second kappa shape index (κ2) is 7.94. The quantitative estimate of drug-likeness (QED) is 0.849. The molecule has 120 valence electrons. The summed E-state index contributed by atoms with van der Waals surface area (Å²) in [4.78, 5) is 23.3. The molecular formula is C17H24N2O3. The van der Waals surface area contributed by atoms with E-state index in [9.17, 15) is 9.59 Å². The average Bonchev–Trinajstić information content (AvgIpc) is 3.00. The molecule has 1 aromatic rings. The summed E-state index contributed by atoms with van der Waals surface area (Å²) >= 11 is 0. The van der Waals surface area contributed by atoms with Crippen LogP contribution < -0.4 is 10.6 Å². The second-order valence-corrected chi connectivity index (χ2v) is 5.65. The Hall–Kier alpha value is -1.88. The molecule has 0 radical (unpaired) electrons. The lowest BCUT2D eigenvalue weighted by molar-refractivity contribution is -0.124. The van der Waals surface area contributed by atoms with Gasteiger partial charge in [0.05, 0.1) is 18.6 Å². The van der Waals surface area contributed by atoms with Crippen LogP contribution in [0, 0.1) is 0 Å². The standard InChI is InChI=1S/C17H24N2O3/c1-3-16(20)19-14-8-6-13(7-9-14)12(2)18-17(21)11-15-5-4-10-22-15/h6-9,12,15H,3-5,10-11H2,1-2H3,(H,18,21)(H,19,20)/t12-,15-/m1/s1. The molecular weight excluding hydrogens is 280 g/mol. The highest BCUT2D eigenvalue weighted by Crippen LogP contribution is 2.18. The van der Waals surface area contributed by atoms with Crippen LogP contribution in [-0.2, 0) is 14.3 Å². The molecule has 2 rings (SSSR count). The highest BCUT2D eigenvalue weighted by molar-refractivity contribution is 5.90. The molecule has 2 N–H and O–H groups in total. The van der Waals surface area contributed by atoms with E-state index in [-0.39, 0.29) is 24.0 Å². The average molecular weight is 304 g/mol. The molecule has 1 aromatic carbocycles. The predicted octanol–water partition coefficient (Wildman–Crippen LogP) is 2.78. The lowest BCUT2D eigenvalue weighted by Gasteiger charge is -2.16. The summed E-state index contributed by atoms with van der Waals surface area (Å²) in [7, 11) is 0. The van der Waals surface area contributed by atoms with Crippen LogP contribution >= 0.6 is 0 Å². The molecule has 0 saturated carbocycles. The third-order valence-corrected chi connectivity index (χ3v) is 3.83. The van der Waals surface area contributed by atoms with Crippen molar-refractivity contribution in [3.05, 3.63) is 29.8 Å². The van der Waals surface area contributed by atoms with Crippen molar-refractivity contribution in [1.82, 2.24) is 5.32 Å². The summed E-state index contributed by atoms with van der Waals surface area (Å²) < 4.78 is 5.47. The number of carbonyl (C=O) groups is 2. The normalized spacial score (nSPS) is 18.7. The van der Waals surface area contributed by atoms with Crippen LogP contribution in [0.2, 0.25) is 0 Å². The Labute approximate surface area is 131 Å². The van der Waals surface area contributed by atoms with Gasteiger partial charge in [0.1, 0.15) is 0 Å². The number of amides is 2. The highest BCUT2D eigenvalue weighted by atomic mass is 16.5. The molecule has 5 heteroatoms. The SMILES string of the molecule is CCC(=O)Nc1ccc([C@@H](C)NC(=O)C[C@H]2CCCO2)cc1. The maximum atomic E-state index is 12.0. The monoisotopic (exact) mass is 304 g/mol. The van der Waals surface area contributed by atoms with Gasteiger partial charge >= 0.3 is 0 Å². The minimum absolute atomic E-state index is 0.00864. The molecule has 0 unspecified atom stereocenters. The number of rotatable bonds is 6. The van der Waals surface area contributed by atoms with E-state index in [0.717, 1.165) is 30.7 Å². The molecule has 1 heterocycles. The summed E-state index contributed by atoms with van der Waals surface area (Å²) in [5.41, 5.74) is 1.78. The Morgan fingerprint density at radius 3 is 2.59 bits per heavy atom. The number of carbonyl (C=O) groups excluding carboxylic acids is 2. The van der Waals surface area contributed by atoms with Gasteiger partial charge in [0.25, 0.3) is 0 Å². The zero-order chi connectivity index (χ0) is 15.9. The van der Waals surface area contributed by atoms with Gasteiger partial charge in [-0.2, -0.15) is 0 Å². The van der Waals surface area contributed by atoms with Crippen LogP contribution in [0.4, 0.5) is 5.69 Å². The van der Waals surface area contributed by atoms with Crippen molar-refractivity contribution in [2.45, 2.75) is 51.7 Å². The topological polar surface area (TPSA) is 67.4 Å². The molecule has 1 aliphatic rings. The Morgan fingerprint density at radius 2 is 2.00 bits per heavy atom. The molecule has 0 spiro atoms. The van der Waals surface area contributed by atoms with Gasteiger partial charge in [-0.1, -0.05) is 19.1 Å². The minimum atomic E-state index is -0.0650. The molecule has 1 saturated heterocycles. The summed E-state index contributed by atoms with van der Waals surface area (Å²) in [5, 5.41) is 5.79. The molecule has 2 atom stereocenters. The summed E-state index contributed by atoms with van der Waals surface area (Å²) in [6.07, 6.45) is 2.96. The Balaban J connectivity index is 1.84. The Kier molecular flexibility index (Phi) is 5.95. The third kappa shape index (κ3) is 4.84. The predicted molar refractivity (Wildman–Crippen MR) is 85.5 cm³/mol. The maximum absolute atomic E-state index is 12.0. The smallest absolute Gasteiger partial charge is 0.224 e. The largest absolute Gasteiger partial charge is 0.378 e. The van der Waals surface area contributed by atoms with E-state index in [1.807, 2.05) is 38.1 Å². The van der Waals surface area contributed by atoms with Crippen molar-refractivity contribution < 1.29 is 14.3 Å². The lowest BCUT2D eigenvalue weighted by atomic mass is 10.1. The van der Waals surface area contributed by atoms with Crippen LogP contribution in [-0.4, -0.2) is 24.5 Å². The van der Waals surface area contributed by atoms with E-state index in [1.54, 1.807) is 0 Å². The molecule has 0 aliphatic carbocycles. The van der Waals surface area contributed by atoms with Gasteiger partial charge in [0.15, 0.2) is 0 Å². The summed E-state index contributed by atoms with van der Waals surface area (Å²) in [6.45, 7) is 4.53. The first-order valence-electron chi connectivity index (χ1n) is 7.89. The van der Waals surface area contributed by atoms with E-state index in [0.29, 0.717) is 12.8 Å². The first kappa shape index (κ1) is 16.5. The van der Waals surface area contributed by atoms with Crippen molar-refractivity contribution in [3.63, 3.8) is 0 Å². The molecule has 0 aromatic heterocycles. The number of hydrogen-bond donors (Lipinski definition) is 2. The molecule has 1 aliphatic heterocycles. The van der Waals surface area contributed by atoms with Crippen molar-refractivity contribution in [2.24, 2.45) is 0 Å². The fraction of sp³-hybridized carbons (Fsp3) is 0.529. The first-order chi connectivity index (χ1) is 10.6. The first-order valence-corrected chi connectivity index (χ1v) is 7.89.